The molecule has 0 amide bonds. The summed E-state index contributed by atoms with van der Waals surface area (Å²) >= 11 is 5.57. The summed E-state index contributed by atoms with van der Waals surface area (Å²) in [5.74, 6) is 1.02. The zero-order valence-corrected chi connectivity index (χ0v) is 8.77. The molecule has 0 spiro atoms. The number of aryl methyl sites for hydroxylation is 1. The third-order valence-corrected chi connectivity index (χ3v) is 1.91. The quantitative estimate of drug-likeness (QED) is 0.782. The van der Waals surface area contributed by atoms with E-state index in [0.717, 1.165) is 0 Å². The van der Waals surface area contributed by atoms with Gasteiger partial charge in [0.05, 0.1) is 0 Å². The van der Waals surface area contributed by atoms with E-state index in [1.807, 2.05) is 31.2 Å². The molecular formula is C10H8ClN3O. The van der Waals surface area contributed by atoms with Gasteiger partial charge < -0.3 is 4.74 Å². The van der Waals surface area contributed by atoms with Gasteiger partial charge in [-0.05, 0) is 30.7 Å². The van der Waals surface area contributed by atoms with Crippen molar-refractivity contribution in [3.8, 4) is 11.6 Å². The maximum absolute atomic E-state index is 5.57. The number of rotatable bonds is 2. The van der Waals surface area contributed by atoms with Crippen LogP contribution in [0, 0.1) is 6.92 Å². The SMILES string of the molecule is Cc1ccc(Oc2cnnc(Cl)n2)cc1. The van der Waals surface area contributed by atoms with E-state index in [4.69, 9.17) is 16.3 Å². The van der Waals surface area contributed by atoms with Crippen LogP contribution in [-0.4, -0.2) is 15.2 Å². The van der Waals surface area contributed by atoms with Crippen molar-refractivity contribution in [1.82, 2.24) is 15.2 Å². The Hall–Kier alpha value is -1.68. The number of halogens is 1. The molecular weight excluding hydrogens is 214 g/mol. The van der Waals surface area contributed by atoms with E-state index in [2.05, 4.69) is 15.2 Å². The van der Waals surface area contributed by atoms with Gasteiger partial charge in [0.2, 0.25) is 11.2 Å². The first-order chi connectivity index (χ1) is 7.24. The van der Waals surface area contributed by atoms with Crippen molar-refractivity contribution in [2.75, 3.05) is 0 Å². The van der Waals surface area contributed by atoms with Crippen molar-refractivity contribution in [2.45, 2.75) is 6.92 Å². The smallest absolute Gasteiger partial charge is 0.246 e. The van der Waals surface area contributed by atoms with Crippen LogP contribution in [-0.2, 0) is 0 Å². The molecule has 1 aromatic carbocycles. The first-order valence-corrected chi connectivity index (χ1v) is 4.71. The number of aromatic nitrogens is 3. The predicted octanol–water partition coefficient (Wildman–Crippen LogP) is 2.63. The van der Waals surface area contributed by atoms with E-state index in [1.165, 1.54) is 11.8 Å². The van der Waals surface area contributed by atoms with Gasteiger partial charge >= 0.3 is 0 Å². The monoisotopic (exact) mass is 221 g/mol. The maximum Gasteiger partial charge on any atom is 0.246 e. The molecule has 0 N–H and O–H groups in total. The van der Waals surface area contributed by atoms with Gasteiger partial charge in [0.1, 0.15) is 11.9 Å². The minimum atomic E-state index is 0.0691. The number of hydrogen-bond donors (Lipinski definition) is 0. The normalized spacial score (nSPS) is 10.0. The summed E-state index contributed by atoms with van der Waals surface area (Å²) in [5, 5.41) is 7.22. The van der Waals surface area contributed by atoms with E-state index in [9.17, 15) is 0 Å². The topological polar surface area (TPSA) is 47.9 Å². The lowest BCUT2D eigenvalue weighted by molar-refractivity contribution is 0.457. The van der Waals surface area contributed by atoms with Crippen LogP contribution in [0.5, 0.6) is 11.6 Å². The molecule has 0 atom stereocenters. The van der Waals surface area contributed by atoms with Crippen LogP contribution in [0.15, 0.2) is 30.5 Å². The zero-order chi connectivity index (χ0) is 10.7. The Labute approximate surface area is 91.9 Å². The van der Waals surface area contributed by atoms with Gasteiger partial charge in [-0.1, -0.05) is 17.7 Å². The van der Waals surface area contributed by atoms with Crippen LogP contribution in [0.3, 0.4) is 0 Å². The third kappa shape index (κ3) is 2.63. The van der Waals surface area contributed by atoms with Crippen LogP contribution >= 0.6 is 11.6 Å². The molecule has 0 saturated carbocycles. The largest absolute Gasteiger partial charge is 0.437 e. The Bertz CT molecular complexity index is 458. The lowest BCUT2D eigenvalue weighted by Crippen LogP contribution is -1.92. The van der Waals surface area contributed by atoms with Crippen LogP contribution in [0.25, 0.3) is 0 Å². The van der Waals surface area contributed by atoms with E-state index in [-0.39, 0.29) is 5.28 Å². The second kappa shape index (κ2) is 4.23. The number of nitrogens with zero attached hydrogens (tertiary/aromatic N) is 3. The molecule has 0 aliphatic heterocycles. The molecule has 0 aliphatic carbocycles. The first kappa shape index (κ1) is 9.86. The number of benzene rings is 1. The fourth-order valence-corrected chi connectivity index (χ4v) is 1.17. The van der Waals surface area contributed by atoms with Crippen molar-refractivity contribution in [3.05, 3.63) is 41.3 Å². The van der Waals surface area contributed by atoms with E-state index >= 15 is 0 Å². The second-order valence-electron chi connectivity index (χ2n) is 2.98. The molecule has 5 heteroatoms. The van der Waals surface area contributed by atoms with Gasteiger partial charge in [-0.2, -0.15) is 10.1 Å². The minimum Gasteiger partial charge on any atom is -0.437 e. The molecule has 2 rings (SSSR count). The molecule has 0 saturated heterocycles. The molecule has 0 fully saturated rings. The fourth-order valence-electron chi connectivity index (χ4n) is 1.04. The summed E-state index contributed by atoms with van der Waals surface area (Å²) in [6.45, 7) is 2.01. The van der Waals surface area contributed by atoms with Crippen LogP contribution in [0.1, 0.15) is 5.56 Å². The van der Waals surface area contributed by atoms with Crippen molar-refractivity contribution in [3.63, 3.8) is 0 Å². The molecule has 1 heterocycles. The van der Waals surface area contributed by atoms with Gasteiger partial charge in [0.15, 0.2) is 0 Å². The molecule has 0 radical (unpaired) electrons. The van der Waals surface area contributed by atoms with Crippen molar-refractivity contribution >= 4 is 11.6 Å². The van der Waals surface area contributed by atoms with Crippen molar-refractivity contribution in [1.29, 1.82) is 0 Å². The summed E-state index contributed by atoms with van der Waals surface area (Å²) in [5.41, 5.74) is 1.17. The minimum absolute atomic E-state index is 0.0691. The fraction of sp³-hybridized carbons (Fsp3) is 0.100. The highest BCUT2D eigenvalue weighted by atomic mass is 35.5. The number of hydrogen-bond acceptors (Lipinski definition) is 4. The van der Waals surface area contributed by atoms with Crippen LogP contribution in [0.2, 0.25) is 5.28 Å². The molecule has 76 valence electrons. The highest BCUT2D eigenvalue weighted by Crippen LogP contribution is 2.19. The molecule has 0 unspecified atom stereocenters. The molecule has 4 nitrogen and oxygen atoms in total. The highest BCUT2D eigenvalue weighted by Gasteiger charge is 2.00. The summed E-state index contributed by atoms with van der Waals surface area (Å²) in [4.78, 5) is 3.86. The Morgan fingerprint density at radius 3 is 2.60 bits per heavy atom. The van der Waals surface area contributed by atoms with Gasteiger partial charge in [-0.3, -0.25) is 0 Å². The molecule has 0 aliphatic rings. The van der Waals surface area contributed by atoms with Crippen molar-refractivity contribution in [2.24, 2.45) is 0 Å². The maximum atomic E-state index is 5.57. The lowest BCUT2D eigenvalue weighted by Gasteiger charge is -2.03. The average Bonchev–Trinajstić information content (AvgIpc) is 2.22. The predicted molar refractivity (Wildman–Crippen MR) is 56.1 cm³/mol. The summed E-state index contributed by atoms with van der Waals surface area (Å²) < 4.78 is 5.42. The van der Waals surface area contributed by atoms with Gasteiger partial charge in [-0.25, -0.2) is 0 Å². The van der Waals surface area contributed by atoms with Crippen molar-refractivity contribution < 1.29 is 4.74 Å². The van der Waals surface area contributed by atoms with E-state index < -0.39 is 0 Å². The summed E-state index contributed by atoms with van der Waals surface area (Å²) in [6.07, 6.45) is 1.41. The van der Waals surface area contributed by atoms with Gasteiger partial charge in [0.25, 0.3) is 0 Å². The zero-order valence-electron chi connectivity index (χ0n) is 8.01. The van der Waals surface area contributed by atoms with E-state index in [1.54, 1.807) is 0 Å². The highest BCUT2D eigenvalue weighted by molar-refractivity contribution is 6.28. The summed E-state index contributed by atoms with van der Waals surface area (Å²) in [6, 6.07) is 7.60. The van der Waals surface area contributed by atoms with Crippen LogP contribution in [0.4, 0.5) is 0 Å². The van der Waals surface area contributed by atoms with Crippen LogP contribution < -0.4 is 4.74 Å². The second-order valence-corrected chi connectivity index (χ2v) is 3.32. The Morgan fingerprint density at radius 2 is 1.93 bits per heavy atom. The Kier molecular flexibility index (Phi) is 2.78. The first-order valence-electron chi connectivity index (χ1n) is 4.34. The molecule has 1 aromatic heterocycles. The molecule has 0 bridgehead atoms. The standard InChI is InChI=1S/C10H8ClN3O/c1-7-2-4-8(5-3-7)15-9-6-12-14-10(11)13-9/h2-6H,1H3. The molecule has 2 aromatic rings. The third-order valence-electron chi connectivity index (χ3n) is 1.75. The average molecular weight is 222 g/mol. The lowest BCUT2D eigenvalue weighted by atomic mass is 10.2. The van der Waals surface area contributed by atoms with Gasteiger partial charge in [0, 0.05) is 0 Å². The molecule has 15 heavy (non-hydrogen) atoms. The van der Waals surface area contributed by atoms with E-state index in [0.29, 0.717) is 11.6 Å². The Balaban J connectivity index is 2.18. The number of ether oxygens (including phenoxy) is 1. The Morgan fingerprint density at radius 1 is 1.20 bits per heavy atom. The summed E-state index contributed by atoms with van der Waals surface area (Å²) in [7, 11) is 0. The van der Waals surface area contributed by atoms with Gasteiger partial charge in [-0.15, -0.1) is 5.10 Å².